The molecule has 0 unspecified atom stereocenters. The summed E-state index contributed by atoms with van der Waals surface area (Å²) >= 11 is 0. The van der Waals surface area contributed by atoms with Crippen LogP contribution >= 0.6 is 0 Å². The predicted octanol–water partition coefficient (Wildman–Crippen LogP) is 5.79. The largest absolute Gasteiger partial charge is 0.504 e. The van der Waals surface area contributed by atoms with Crippen molar-refractivity contribution in [3.63, 3.8) is 0 Å². The molecule has 2 aromatic rings. The van der Waals surface area contributed by atoms with Crippen molar-refractivity contribution in [2.75, 3.05) is 5.43 Å². The van der Waals surface area contributed by atoms with E-state index in [9.17, 15) is 23.4 Å². The molecule has 3 N–H and O–H groups in total. The molecule has 0 radical (unpaired) electrons. The van der Waals surface area contributed by atoms with E-state index < -0.39 is 22.8 Å². The molecule has 2 aromatic carbocycles. The lowest BCUT2D eigenvalue weighted by Gasteiger charge is -2.35. The maximum absolute atomic E-state index is 12.7. The number of hydrazone groups is 1. The summed E-state index contributed by atoms with van der Waals surface area (Å²) < 4.78 is 44.1. The van der Waals surface area contributed by atoms with Crippen LogP contribution in [0.1, 0.15) is 57.7 Å². The SMILES string of the molecule is CC1(C)C/C(=N/Nc2ccc(C(F)(F)F)cc2)c2cc(C(C)(C)C)c(O)c(O)c2O1. The Hall–Kier alpha value is -2.90. The molecule has 0 amide bonds. The van der Waals surface area contributed by atoms with Crippen LogP contribution in [0.15, 0.2) is 35.4 Å². The third kappa shape index (κ3) is 4.32. The van der Waals surface area contributed by atoms with Gasteiger partial charge < -0.3 is 14.9 Å². The first kappa shape index (κ1) is 21.8. The van der Waals surface area contributed by atoms with Crippen molar-refractivity contribution < 1.29 is 28.1 Å². The van der Waals surface area contributed by atoms with E-state index in [0.717, 1.165) is 12.1 Å². The highest BCUT2D eigenvalue weighted by Crippen LogP contribution is 2.49. The molecule has 30 heavy (non-hydrogen) atoms. The van der Waals surface area contributed by atoms with Gasteiger partial charge in [0.15, 0.2) is 11.5 Å². The smallest absolute Gasteiger partial charge is 0.416 e. The number of anilines is 1. The van der Waals surface area contributed by atoms with Crippen molar-refractivity contribution >= 4 is 11.4 Å². The summed E-state index contributed by atoms with van der Waals surface area (Å²) in [7, 11) is 0. The Morgan fingerprint density at radius 2 is 1.63 bits per heavy atom. The van der Waals surface area contributed by atoms with Gasteiger partial charge in [-0.05, 0) is 49.6 Å². The summed E-state index contributed by atoms with van der Waals surface area (Å²) in [5.41, 5.74) is 2.89. The molecule has 0 saturated heterocycles. The molecule has 0 aliphatic carbocycles. The van der Waals surface area contributed by atoms with Crippen molar-refractivity contribution in [1.82, 2.24) is 0 Å². The molecule has 1 aliphatic rings. The van der Waals surface area contributed by atoms with Crippen molar-refractivity contribution in [3.8, 4) is 17.2 Å². The van der Waals surface area contributed by atoms with Crippen molar-refractivity contribution in [1.29, 1.82) is 0 Å². The zero-order chi connectivity index (χ0) is 22.5. The summed E-state index contributed by atoms with van der Waals surface area (Å²) in [5, 5.41) is 25.4. The van der Waals surface area contributed by atoms with Gasteiger partial charge in [-0.25, -0.2) is 0 Å². The predicted molar refractivity (Wildman–Crippen MR) is 109 cm³/mol. The highest BCUT2D eigenvalue weighted by molar-refractivity contribution is 6.06. The number of benzene rings is 2. The fourth-order valence-corrected chi connectivity index (χ4v) is 3.31. The zero-order valence-electron chi connectivity index (χ0n) is 17.5. The normalized spacial score (nSPS) is 17.4. The van der Waals surface area contributed by atoms with Crippen molar-refractivity contribution in [3.05, 3.63) is 47.0 Å². The lowest BCUT2D eigenvalue weighted by molar-refractivity contribution is -0.137. The Morgan fingerprint density at radius 3 is 2.17 bits per heavy atom. The minimum atomic E-state index is -4.41. The second kappa shape index (κ2) is 7.11. The van der Waals surface area contributed by atoms with Crippen LogP contribution in [-0.2, 0) is 11.6 Å². The monoisotopic (exact) mass is 422 g/mol. The van der Waals surface area contributed by atoms with Crippen LogP contribution in [0, 0.1) is 0 Å². The van der Waals surface area contributed by atoms with Gasteiger partial charge in [0.25, 0.3) is 0 Å². The second-order valence-electron chi connectivity index (χ2n) is 9.03. The number of halogens is 3. The maximum Gasteiger partial charge on any atom is 0.416 e. The lowest BCUT2D eigenvalue weighted by Crippen LogP contribution is -2.37. The number of fused-ring (bicyclic) bond motifs is 1. The molecule has 0 bridgehead atoms. The number of aromatic hydroxyl groups is 2. The van der Waals surface area contributed by atoms with Gasteiger partial charge in [-0.1, -0.05) is 20.8 Å². The number of alkyl halides is 3. The van der Waals surface area contributed by atoms with Gasteiger partial charge in [-0.2, -0.15) is 18.3 Å². The first-order valence-electron chi connectivity index (χ1n) is 9.48. The summed E-state index contributed by atoms with van der Waals surface area (Å²) in [6, 6.07) is 6.28. The van der Waals surface area contributed by atoms with Crippen molar-refractivity contribution in [2.45, 2.75) is 58.2 Å². The van der Waals surface area contributed by atoms with Crippen LogP contribution in [0.2, 0.25) is 0 Å². The number of phenolic OH excluding ortho intramolecular Hbond substituents is 2. The van der Waals surface area contributed by atoms with Crippen LogP contribution in [0.3, 0.4) is 0 Å². The Labute approximate surface area is 173 Å². The molecule has 1 aliphatic heterocycles. The maximum atomic E-state index is 12.7. The van der Waals surface area contributed by atoms with E-state index in [1.165, 1.54) is 12.1 Å². The number of rotatable bonds is 2. The number of nitrogens with one attached hydrogen (secondary N) is 1. The van der Waals surface area contributed by atoms with Gasteiger partial charge >= 0.3 is 6.18 Å². The summed E-state index contributed by atoms with van der Waals surface area (Å²) in [6.45, 7) is 9.34. The van der Waals surface area contributed by atoms with E-state index in [-0.39, 0.29) is 17.2 Å². The Morgan fingerprint density at radius 1 is 1.03 bits per heavy atom. The first-order chi connectivity index (χ1) is 13.7. The zero-order valence-corrected chi connectivity index (χ0v) is 17.5. The molecular formula is C22H25F3N2O3. The molecule has 0 atom stereocenters. The van der Waals surface area contributed by atoms with Crippen molar-refractivity contribution in [2.24, 2.45) is 5.10 Å². The molecule has 0 aromatic heterocycles. The summed E-state index contributed by atoms with van der Waals surface area (Å²) in [4.78, 5) is 0. The van der Waals surface area contributed by atoms with Gasteiger partial charge in [0.05, 0.1) is 17.0 Å². The van der Waals surface area contributed by atoms with Gasteiger partial charge in [0.1, 0.15) is 5.60 Å². The molecule has 5 nitrogen and oxygen atoms in total. The number of hydrogen-bond donors (Lipinski definition) is 3. The van der Waals surface area contributed by atoms with Gasteiger partial charge in [0, 0.05) is 17.5 Å². The average Bonchev–Trinajstić information content (AvgIpc) is 2.61. The molecule has 3 rings (SSSR count). The number of phenols is 2. The quantitative estimate of drug-likeness (QED) is 0.423. The first-order valence-corrected chi connectivity index (χ1v) is 9.48. The van der Waals surface area contributed by atoms with Crippen LogP contribution in [0.4, 0.5) is 18.9 Å². The van der Waals surface area contributed by atoms with Crippen LogP contribution < -0.4 is 10.2 Å². The lowest BCUT2D eigenvalue weighted by atomic mass is 9.82. The third-order valence-electron chi connectivity index (χ3n) is 4.85. The fourth-order valence-electron chi connectivity index (χ4n) is 3.31. The number of ether oxygens (including phenoxy) is 1. The highest BCUT2D eigenvalue weighted by atomic mass is 19.4. The molecular weight excluding hydrogens is 397 g/mol. The second-order valence-corrected chi connectivity index (χ2v) is 9.03. The van der Waals surface area contributed by atoms with Gasteiger partial charge in [-0.15, -0.1) is 0 Å². The van der Waals surface area contributed by atoms with Crippen LogP contribution in [0.5, 0.6) is 17.2 Å². The standard InChI is InChI=1S/C22H25F3N2O3/c1-20(2,3)15-10-14-16(11-21(4,5)30-19(14)18(29)17(15)28)27-26-13-8-6-12(7-9-13)22(23,24)25/h6-10,26,28-29H,11H2,1-5H3/b27-16-. The molecule has 0 spiro atoms. The molecule has 0 saturated carbocycles. The molecule has 162 valence electrons. The third-order valence-corrected chi connectivity index (χ3v) is 4.85. The minimum absolute atomic E-state index is 0.129. The Balaban J connectivity index is 2.03. The molecule has 1 heterocycles. The summed E-state index contributed by atoms with van der Waals surface area (Å²) in [5.74, 6) is -0.467. The highest BCUT2D eigenvalue weighted by Gasteiger charge is 2.36. The van der Waals surface area contributed by atoms with E-state index in [4.69, 9.17) is 4.74 Å². The van der Waals surface area contributed by atoms with Gasteiger partial charge in [-0.3, -0.25) is 5.43 Å². The van der Waals surface area contributed by atoms with Crippen LogP contribution in [0.25, 0.3) is 0 Å². The van der Waals surface area contributed by atoms with E-state index in [1.807, 2.05) is 34.6 Å². The fraction of sp³-hybridized carbons (Fsp3) is 0.409. The average molecular weight is 422 g/mol. The number of nitrogens with zero attached hydrogens (tertiary/aromatic N) is 1. The van der Waals surface area contributed by atoms with E-state index in [2.05, 4.69) is 10.5 Å². The van der Waals surface area contributed by atoms with E-state index >= 15 is 0 Å². The van der Waals surface area contributed by atoms with E-state index in [0.29, 0.717) is 28.9 Å². The topological polar surface area (TPSA) is 74.1 Å². The Kier molecular flexibility index (Phi) is 5.16. The van der Waals surface area contributed by atoms with E-state index in [1.54, 1.807) is 6.07 Å². The molecule has 0 fully saturated rings. The summed E-state index contributed by atoms with van der Waals surface area (Å²) in [6.07, 6.45) is -4.02. The number of hydrogen-bond acceptors (Lipinski definition) is 5. The van der Waals surface area contributed by atoms with Crippen LogP contribution in [-0.4, -0.2) is 21.5 Å². The minimum Gasteiger partial charge on any atom is -0.504 e. The molecule has 8 heteroatoms. The Bertz CT molecular complexity index is 989. The van der Waals surface area contributed by atoms with Gasteiger partial charge in [0.2, 0.25) is 5.75 Å².